The van der Waals surface area contributed by atoms with Gasteiger partial charge in [-0.3, -0.25) is 9.59 Å². The Bertz CT molecular complexity index is 1240. The fourth-order valence-corrected chi connectivity index (χ4v) is 4.90. The van der Waals surface area contributed by atoms with Crippen molar-refractivity contribution in [2.75, 3.05) is 6.61 Å². The van der Waals surface area contributed by atoms with Gasteiger partial charge in [-0.1, -0.05) is 24.9 Å². The number of unbranched alkanes of at least 4 members (excludes halogenated alkanes) is 1. The predicted octanol–water partition coefficient (Wildman–Crippen LogP) is 4.66. The minimum Gasteiger partial charge on any atom is -0.465 e. The fourth-order valence-electron chi connectivity index (χ4n) is 2.97. The number of nitrogens with zero attached hydrogens (tertiary/aromatic N) is 3. The van der Waals surface area contributed by atoms with Gasteiger partial charge in [-0.2, -0.15) is 16.4 Å². The van der Waals surface area contributed by atoms with Crippen LogP contribution in [0.2, 0.25) is 5.02 Å². The van der Waals surface area contributed by atoms with Crippen molar-refractivity contribution in [2.24, 2.45) is 0 Å². The highest BCUT2D eigenvalue weighted by atomic mass is 35.5. The van der Waals surface area contributed by atoms with Crippen LogP contribution in [0.4, 0.5) is 0 Å². The molecule has 0 N–H and O–H groups in total. The highest BCUT2D eigenvalue weighted by Gasteiger charge is 2.16. The molecule has 0 saturated carbocycles. The van der Waals surface area contributed by atoms with Crippen LogP contribution < -0.4 is 5.56 Å². The van der Waals surface area contributed by atoms with Crippen molar-refractivity contribution in [3.63, 3.8) is 0 Å². The number of carbonyl (C=O) groups excluding carboxylic acids is 1. The van der Waals surface area contributed by atoms with Gasteiger partial charge in [0.25, 0.3) is 5.56 Å². The van der Waals surface area contributed by atoms with E-state index in [0.717, 1.165) is 28.1 Å². The van der Waals surface area contributed by atoms with Crippen LogP contribution in [0.15, 0.2) is 33.8 Å². The topological polar surface area (TPSA) is 74.1 Å². The average molecular weight is 448 g/mol. The van der Waals surface area contributed by atoms with E-state index in [4.69, 9.17) is 16.3 Å². The zero-order valence-electron chi connectivity index (χ0n) is 15.7. The molecule has 4 aromatic rings. The lowest BCUT2D eigenvalue weighted by Crippen LogP contribution is -2.25. The van der Waals surface area contributed by atoms with Crippen LogP contribution in [0.5, 0.6) is 0 Å². The SMILES string of the molecule is CCCCOC(=O)Cc1nn(Cc2nc3cc(Cl)ccc3s2)c(=O)c2cscc12. The number of ether oxygens (including phenoxy) is 1. The maximum Gasteiger partial charge on any atom is 0.311 e. The standard InChI is InChI=1S/C20H18ClN3O3S2/c1-2-3-6-27-19(25)8-15-13-10-28-11-14(13)20(26)24(23-15)9-18-22-16-7-12(21)4-5-17(16)29-18/h4-5,7,10-11H,2-3,6,8-9H2,1H3. The maximum atomic E-state index is 12.9. The molecule has 0 atom stereocenters. The molecule has 3 heterocycles. The molecule has 0 spiro atoms. The Hall–Kier alpha value is -2.29. The quantitative estimate of drug-likeness (QED) is 0.304. The molecular weight excluding hydrogens is 430 g/mol. The number of esters is 1. The second-order valence-corrected chi connectivity index (χ2v) is 8.87. The second kappa shape index (κ2) is 8.61. The van der Waals surface area contributed by atoms with Gasteiger partial charge in [0.1, 0.15) is 5.01 Å². The van der Waals surface area contributed by atoms with E-state index in [1.807, 2.05) is 24.4 Å². The number of halogens is 1. The summed E-state index contributed by atoms with van der Waals surface area (Å²) in [4.78, 5) is 29.6. The summed E-state index contributed by atoms with van der Waals surface area (Å²) in [5.41, 5.74) is 1.15. The maximum absolute atomic E-state index is 12.9. The van der Waals surface area contributed by atoms with Crippen molar-refractivity contribution >= 4 is 61.2 Å². The van der Waals surface area contributed by atoms with Crippen molar-refractivity contribution in [3.8, 4) is 0 Å². The van der Waals surface area contributed by atoms with Gasteiger partial charge >= 0.3 is 5.97 Å². The minimum absolute atomic E-state index is 0.0344. The molecule has 0 radical (unpaired) electrons. The van der Waals surface area contributed by atoms with Crippen LogP contribution in [0, 0.1) is 0 Å². The van der Waals surface area contributed by atoms with Gasteiger partial charge < -0.3 is 4.74 Å². The Morgan fingerprint density at radius 1 is 1.28 bits per heavy atom. The third kappa shape index (κ3) is 4.34. The van der Waals surface area contributed by atoms with Crippen LogP contribution in [0.1, 0.15) is 30.5 Å². The van der Waals surface area contributed by atoms with Gasteiger partial charge in [-0.15, -0.1) is 11.3 Å². The van der Waals surface area contributed by atoms with Gasteiger partial charge in [-0.25, -0.2) is 9.67 Å². The minimum atomic E-state index is -0.335. The lowest BCUT2D eigenvalue weighted by atomic mass is 10.2. The number of fused-ring (bicyclic) bond motifs is 2. The summed E-state index contributed by atoms with van der Waals surface area (Å²) in [6, 6.07) is 5.53. The fraction of sp³-hybridized carbons (Fsp3) is 0.300. The normalized spacial score (nSPS) is 11.4. The van der Waals surface area contributed by atoms with Crippen molar-refractivity contribution in [1.29, 1.82) is 0 Å². The molecule has 1 aromatic carbocycles. The second-order valence-electron chi connectivity index (χ2n) is 6.58. The summed E-state index contributed by atoms with van der Waals surface area (Å²) in [6.07, 6.45) is 1.82. The van der Waals surface area contributed by atoms with E-state index >= 15 is 0 Å². The number of thiophene rings is 1. The van der Waals surface area contributed by atoms with E-state index in [2.05, 4.69) is 10.1 Å². The Balaban J connectivity index is 1.65. The number of aromatic nitrogens is 3. The molecule has 29 heavy (non-hydrogen) atoms. The van der Waals surface area contributed by atoms with E-state index in [-0.39, 0.29) is 24.5 Å². The lowest BCUT2D eigenvalue weighted by Gasteiger charge is -2.08. The number of benzene rings is 1. The Morgan fingerprint density at radius 2 is 2.10 bits per heavy atom. The Kier molecular flexibility index (Phi) is 5.94. The molecule has 0 aliphatic carbocycles. The van der Waals surface area contributed by atoms with Gasteiger partial charge in [-0.05, 0) is 24.6 Å². The van der Waals surface area contributed by atoms with E-state index in [1.165, 1.54) is 27.4 Å². The van der Waals surface area contributed by atoms with Gasteiger partial charge in [0.05, 0.1) is 40.9 Å². The first-order valence-electron chi connectivity index (χ1n) is 9.21. The van der Waals surface area contributed by atoms with Crippen LogP contribution >= 0.6 is 34.3 Å². The third-order valence-electron chi connectivity index (χ3n) is 4.43. The monoisotopic (exact) mass is 447 g/mol. The third-order valence-corrected chi connectivity index (χ3v) is 6.43. The molecule has 4 rings (SSSR count). The van der Waals surface area contributed by atoms with Crippen LogP contribution in [-0.2, 0) is 22.5 Å². The highest BCUT2D eigenvalue weighted by molar-refractivity contribution is 7.18. The molecule has 0 aliphatic heterocycles. The molecule has 9 heteroatoms. The van der Waals surface area contributed by atoms with Gasteiger partial charge in [0.2, 0.25) is 0 Å². The highest BCUT2D eigenvalue weighted by Crippen LogP contribution is 2.26. The molecule has 0 fully saturated rings. The van der Waals surface area contributed by atoms with Crippen LogP contribution in [-0.4, -0.2) is 27.3 Å². The molecule has 150 valence electrons. The largest absolute Gasteiger partial charge is 0.465 e. The number of hydrogen-bond acceptors (Lipinski definition) is 7. The molecule has 3 aromatic heterocycles. The van der Waals surface area contributed by atoms with E-state index < -0.39 is 0 Å². The molecular formula is C20H18ClN3O3S2. The van der Waals surface area contributed by atoms with Crippen molar-refractivity contribution in [3.05, 3.63) is 55.0 Å². The lowest BCUT2D eigenvalue weighted by molar-refractivity contribution is -0.143. The first-order chi connectivity index (χ1) is 14.0. The molecule has 0 amide bonds. The summed E-state index contributed by atoms with van der Waals surface area (Å²) in [5.74, 6) is -0.335. The Morgan fingerprint density at radius 3 is 2.93 bits per heavy atom. The predicted molar refractivity (Wildman–Crippen MR) is 117 cm³/mol. The zero-order valence-corrected chi connectivity index (χ0v) is 18.1. The van der Waals surface area contributed by atoms with E-state index in [1.54, 1.807) is 11.4 Å². The summed E-state index contributed by atoms with van der Waals surface area (Å²) >= 11 is 8.94. The summed E-state index contributed by atoms with van der Waals surface area (Å²) < 4.78 is 7.64. The molecule has 6 nitrogen and oxygen atoms in total. The van der Waals surface area contributed by atoms with Crippen molar-refractivity contribution in [1.82, 2.24) is 14.8 Å². The first-order valence-corrected chi connectivity index (χ1v) is 11.4. The Labute approximate surface area is 179 Å². The van der Waals surface area contributed by atoms with Crippen LogP contribution in [0.25, 0.3) is 21.0 Å². The smallest absolute Gasteiger partial charge is 0.311 e. The average Bonchev–Trinajstić information content (AvgIpc) is 3.32. The number of carbonyl (C=O) groups is 1. The number of rotatable bonds is 7. The van der Waals surface area contributed by atoms with Gasteiger partial charge in [0, 0.05) is 21.2 Å². The van der Waals surface area contributed by atoms with Gasteiger partial charge in [0.15, 0.2) is 0 Å². The molecule has 0 aliphatic rings. The summed E-state index contributed by atoms with van der Waals surface area (Å²) in [6.45, 7) is 2.67. The molecule has 0 unspecified atom stereocenters. The summed E-state index contributed by atoms with van der Waals surface area (Å²) in [7, 11) is 0. The van der Waals surface area contributed by atoms with Crippen molar-refractivity contribution < 1.29 is 9.53 Å². The number of hydrogen-bond donors (Lipinski definition) is 0. The van der Waals surface area contributed by atoms with Crippen LogP contribution in [0.3, 0.4) is 0 Å². The van der Waals surface area contributed by atoms with Crippen molar-refractivity contribution in [2.45, 2.75) is 32.7 Å². The molecule has 0 saturated heterocycles. The van der Waals surface area contributed by atoms with E-state index in [9.17, 15) is 9.59 Å². The number of thiazole rings is 1. The van der Waals surface area contributed by atoms with E-state index in [0.29, 0.717) is 28.1 Å². The molecule has 0 bridgehead atoms. The first kappa shape index (κ1) is 20.0. The summed E-state index contributed by atoms with van der Waals surface area (Å²) in [5, 5.41) is 10.8. The zero-order chi connectivity index (χ0) is 20.4.